The van der Waals surface area contributed by atoms with Crippen molar-refractivity contribution in [2.75, 3.05) is 4.90 Å². The van der Waals surface area contributed by atoms with Gasteiger partial charge in [-0.05, 0) is 35.2 Å². The Morgan fingerprint density at radius 1 is 1.04 bits per heavy atom. The van der Waals surface area contributed by atoms with Gasteiger partial charge in [0.15, 0.2) is 0 Å². The molecule has 0 saturated carbocycles. The van der Waals surface area contributed by atoms with Gasteiger partial charge in [-0.25, -0.2) is 9.37 Å². The summed E-state index contributed by atoms with van der Waals surface area (Å²) in [6, 6.07) is 17.5. The van der Waals surface area contributed by atoms with E-state index in [1.807, 2.05) is 47.2 Å². The van der Waals surface area contributed by atoms with Gasteiger partial charge in [0.1, 0.15) is 17.0 Å². The van der Waals surface area contributed by atoms with Crippen molar-refractivity contribution in [1.29, 1.82) is 0 Å². The lowest BCUT2D eigenvalue weighted by atomic mass is 10.1. The predicted molar refractivity (Wildman–Crippen MR) is 107 cm³/mol. The normalized spacial score (nSPS) is 16.0. The second-order valence-corrected chi connectivity index (χ2v) is 7.16. The molecule has 138 valence electrons. The van der Waals surface area contributed by atoms with E-state index in [-0.39, 0.29) is 12.5 Å². The van der Waals surface area contributed by atoms with Crippen molar-refractivity contribution in [3.8, 4) is 0 Å². The molecule has 0 fully saturated rings. The fourth-order valence-corrected chi connectivity index (χ4v) is 3.98. The minimum Gasteiger partial charge on any atom is -0.331 e. The van der Waals surface area contributed by atoms with Crippen LogP contribution in [0.25, 0.3) is 10.9 Å². The van der Waals surface area contributed by atoms with Gasteiger partial charge in [-0.1, -0.05) is 48.0 Å². The first-order valence-corrected chi connectivity index (χ1v) is 9.27. The monoisotopic (exact) mass is 391 g/mol. The number of fused-ring (bicyclic) bond motifs is 2. The Balaban J connectivity index is 1.63. The van der Waals surface area contributed by atoms with E-state index in [1.165, 1.54) is 11.0 Å². The Kier molecular flexibility index (Phi) is 3.91. The quantitative estimate of drug-likeness (QED) is 0.463. The van der Waals surface area contributed by atoms with Crippen LogP contribution in [-0.2, 0) is 11.3 Å². The number of pyridine rings is 1. The highest BCUT2D eigenvalue weighted by Crippen LogP contribution is 2.42. The first kappa shape index (κ1) is 17.0. The van der Waals surface area contributed by atoms with Crippen LogP contribution >= 0.6 is 11.6 Å². The van der Waals surface area contributed by atoms with Crippen LogP contribution in [0.2, 0.25) is 5.15 Å². The van der Waals surface area contributed by atoms with E-state index in [9.17, 15) is 9.18 Å². The molecule has 4 aromatic rings. The molecular formula is C22H15ClFN3O. The average Bonchev–Trinajstić information content (AvgIpc) is 3.23. The van der Waals surface area contributed by atoms with Gasteiger partial charge in [0.25, 0.3) is 5.91 Å². The highest BCUT2D eigenvalue weighted by molar-refractivity contribution is 6.29. The molecule has 1 amide bonds. The van der Waals surface area contributed by atoms with E-state index in [0.717, 1.165) is 16.5 Å². The van der Waals surface area contributed by atoms with Gasteiger partial charge in [-0.15, -0.1) is 0 Å². The fourth-order valence-electron chi connectivity index (χ4n) is 3.87. The molecular weight excluding hydrogens is 377 g/mol. The Morgan fingerprint density at radius 2 is 1.89 bits per heavy atom. The molecule has 0 aliphatic carbocycles. The summed E-state index contributed by atoms with van der Waals surface area (Å²) in [5, 5.41) is 1.41. The molecule has 2 aromatic heterocycles. The minimum atomic E-state index is -0.606. The molecule has 5 rings (SSSR count). The summed E-state index contributed by atoms with van der Waals surface area (Å²) >= 11 is 5.85. The van der Waals surface area contributed by atoms with E-state index >= 15 is 0 Å². The summed E-state index contributed by atoms with van der Waals surface area (Å²) in [5.41, 5.74) is 2.70. The molecule has 3 heterocycles. The van der Waals surface area contributed by atoms with Crippen LogP contribution in [0.1, 0.15) is 17.2 Å². The molecule has 4 nitrogen and oxygen atoms in total. The summed E-state index contributed by atoms with van der Waals surface area (Å²) < 4.78 is 16.7. The first-order chi connectivity index (χ1) is 13.6. The molecule has 1 aliphatic rings. The maximum Gasteiger partial charge on any atom is 0.255 e. The van der Waals surface area contributed by atoms with Crippen molar-refractivity contribution in [1.82, 2.24) is 9.55 Å². The van der Waals surface area contributed by atoms with E-state index < -0.39 is 11.9 Å². The standard InChI is InChI=1S/C22H15ClFN3O/c23-19-9-8-14(12-25-19)13-27-20-16(5-3-6-17(20)24)21(22(27)28)26-11-10-15-4-1-2-7-18(15)26/h1-12,21H,13H2. The molecule has 1 unspecified atom stereocenters. The van der Waals surface area contributed by atoms with Gasteiger partial charge < -0.3 is 9.47 Å². The van der Waals surface area contributed by atoms with Gasteiger partial charge in [0, 0.05) is 23.5 Å². The second-order valence-electron chi connectivity index (χ2n) is 6.78. The zero-order valence-corrected chi connectivity index (χ0v) is 15.5. The van der Waals surface area contributed by atoms with Gasteiger partial charge in [-0.3, -0.25) is 4.79 Å². The lowest BCUT2D eigenvalue weighted by Crippen LogP contribution is -2.31. The van der Waals surface area contributed by atoms with Crippen LogP contribution in [0.4, 0.5) is 10.1 Å². The van der Waals surface area contributed by atoms with Crippen molar-refractivity contribution < 1.29 is 9.18 Å². The lowest BCUT2D eigenvalue weighted by molar-refractivity contribution is -0.120. The number of carbonyl (C=O) groups excluding carboxylic acids is 1. The van der Waals surface area contributed by atoms with E-state index in [2.05, 4.69) is 4.98 Å². The Morgan fingerprint density at radius 3 is 2.71 bits per heavy atom. The Bertz CT molecular complexity index is 1200. The van der Waals surface area contributed by atoms with Crippen LogP contribution in [0.15, 0.2) is 73.1 Å². The molecule has 1 aliphatic heterocycles. The third kappa shape index (κ3) is 2.59. The van der Waals surface area contributed by atoms with Crippen molar-refractivity contribution in [2.24, 2.45) is 0 Å². The van der Waals surface area contributed by atoms with Crippen molar-refractivity contribution in [3.63, 3.8) is 0 Å². The summed E-state index contributed by atoms with van der Waals surface area (Å²) in [4.78, 5) is 19.0. The third-order valence-corrected chi connectivity index (χ3v) is 5.34. The lowest BCUT2D eigenvalue weighted by Gasteiger charge is -2.19. The van der Waals surface area contributed by atoms with E-state index in [4.69, 9.17) is 11.6 Å². The van der Waals surface area contributed by atoms with Gasteiger partial charge in [0.2, 0.25) is 0 Å². The topological polar surface area (TPSA) is 38.1 Å². The van der Waals surface area contributed by atoms with E-state index in [1.54, 1.807) is 24.4 Å². The first-order valence-electron chi connectivity index (χ1n) is 8.89. The van der Waals surface area contributed by atoms with Crippen molar-refractivity contribution in [2.45, 2.75) is 12.6 Å². The molecule has 1 atom stereocenters. The Labute approximate surface area is 165 Å². The van der Waals surface area contributed by atoms with Crippen LogP contribution in [0.3, 0.4) is 0 Å². The minimum absolute atomic E-state index is 0.170. The summed E-state index contributed by atoms with van der Waals surface area (Å²) in [5.74, 6) is -0.580. The molecule has 0 N–H and O–H groups in total. The number of carbonyl (C=O) groups is 1. The number of amides is 1. The molecule has 2 aromatic carbocycles. The van der Waals surface area contributed by atoms with E-state index in [0.29, 0.717) is 16.4 Å². The van der Waals surface area contributed by atoms with Crippen molar-refractivity contribution >= 4 is 34.1 Å². The second kappa shape index (κ2) is 6.46. The summed E-state index contributed by atoms with van der Waals surface area (Å²) in [6.45, 7) is 0.229. The smallest absolute Gasteiger partial charge is 0.255 e. The Hall–Kier alpha value is -3.18. The van der Waals surface area contributed by atoms with Gasteiger partial charge in [0.05, 0.1) is 12.2 Å². The number of aromatic nitrogens is 2. The predicted octanol–water partition coefficient (Wildman–Crippen LogP) is 4.97. The maximum absolute atomic E-state index is 14.8. The maximum atomic E-state index is 14.8. The number of hydrogen-bond donors (Lipinski definition) is 0. The summed E-state index contributed by atoms with van der Waals surface area (Å²) in [6.07, 6.45) is 3.49. The SMILES string of the molecule is O=C1C(n2ccc3ccccc32)c2cccc(F)c2N1Cc1ccc(Cl)nc1. The fraction of sp³-hybridized carbons (Fsp3) is 0.0909. The van der Waals surface area contributed by atoms with Crippen molar-refractivity contribution in [3.05, 3.63) is 95.2 Å². The molecule has 0 radical (unpaired) electrons. The summed E-state index contributed by atoms with van der Waals surface area (Å²) in [7, 11) is 0. The van der Waals surface area contributed by atoms with Gasteiger partial charge >= 0.3 is 0 Å². The van der Waals surface area contributed by atoms with Gasteiger partial charge in [-0.2, -0.15) is 0 Å². The number of benzene rings is 2. The third-order valence-electron chi connectivity index (χ3n) is 5.12. The highest BCUT2D eigenvalue weighted by Gasteiger charge is 2.40. The molecule has 0 bridgehead atoms. The number of nitrogens with zero attached hydrogens (tertiary/aromatic N) is 3. The number of rotatable bonds is 3. The number of hydrogen-bond acceptors (Lipinski definition) is 2. The molecule has 0 spiro atoms. The van der Waals surface area contributed by atoms with Crippen LogP contribution < -0.4 is 4.90 Å². The zero-order chi connectivity index (χ0) is 19.3. The highest BCUT2D eigenvalue weighted by atomic mass is 35.5. The number of halogens is 2. The van der Waals surface area contributed by atoms with Crippen LogP contribution in [-0.4, -0.2) is 15.5 Å². The van der Waals surface area contributed by atoms with Crippen LogP contribution in [0.5, 0.6) is 0 Å². The largest absolute Gasteiger partial charge is 0.331 e. The number of anilines is 1. The van der Waals surface area contributed by atoms with Crippen LogP contribution in [0, 0.1) is 5.82 Å². The molecule has 0 saturated heterocycles. The molecule has 28 heavy (non-hydrogen) atoms. The zero-order valence-electron chi connectivity index (χ0n) is 14.7. The number of para-hydroxylation sites is 2. The average molecular weight is 392 g/mol. The molecule has 6 heteroatoms.